The second-order valence-corrected chi connectivity index (χ2v) is 16.4. The van der Waals surface area contributed by atoms with Crippen molar-refractivity contribution in [1.29, 1.82) is 0 Å². The normalized spacial score (nSPS) is 16.8. The number of hydrogen-bond acceptors (Lipinski definition) is 12. The van der Waals surface area contributed by atoms with Crippen molar-refractivity contribution in [3.05, 3.63) is 77.6 Å². The molecule has 14 nitrogen and oxygen atoms in total. The third kappa shape index (κ3) is 10.7. The first-order chi connectivity index (χ1) is 25.3. The number of nitrogens with one attached hydrogen (secondary N) is 1. The molecule has 0 radical (unpaired) electrons. The minimum absolute atomic E-state index is 0.170. The molecule has 288 valence electrons. The number of hydroxylamine groups is 1. The highest BCUT2D eigenvalue weighted by Crippen LogP contribution is 2.42. The van der Waals surface area contributed by atoms with Crippen LogP contribution in [0.4, 0.5) is 10.1 Å². The van der Waals surface area contributed by atoms with Gasteiger partial charge in [0, 0.05) is 43.0 Å². The van der Waals surface area contributed by atoms with Crippen molar-refractivity contribution >= 4 is 42.4 Å². The second-order valence-electron chi connectivity index (χ2n) is 12.3. The van der Waals surface area contributed by atoms with Crippen LogP contribution >= 0.6 is 0 Å². The summed E-state index contributed by atoms with van der Waals surface area (Å²) < 4.78 is 99.8. The summed E-state index contributed by atoms with van der Waals surface area (Å²) in [5.41, 5.74) is 5.21. The molecule has 0 bridgehead atoms. The summed E-state index contributed by atoms with van der Waals surface area (Å²) in [5, 5.41) is 0.567. The fraction of sp³-hybridized carbons (Fsp3) is 0.417. The maximum absolute atomic E-state index is 13.4. The van der Waals surface area contributed by atoms with Gasteiger partial charge in [0.2, 0.25) is 10.0 Å². The van der Waals surface area contributed by atoms with E-state index in [1.165, 1.54) is 24.3 Å². The molecule has 0 spiro atoms. The molecule has 53 heavy (non-hydrogen) atoms. The monoisotopic (exact) mass is 777 g/mol. The van der Waals surface area contributed by atoms with Gasteiger partial charge >= 0.3 is 0 Å². The minimum Gasteiger partial charge on any atom is -0.457 e. The number of sulfonamides is 1. The Bertz CT molecular complexity index is 2090. The highest BCUT2D eigenvalue weighted by molar-refractivity contribution is 7.92. The lowest BCUT2D eigenvalue weighted by atomic mass is 10.00. The number of fused-ring (bicyclic) bond motifs is 2. The van der Waals surface area contributed by atoms with E-state index in [1.54, 1.807) is 57.5 Å². The summed E-state index contributed by atoms with van der Waals surface area (Å²) >= 11 is 0. The zero-order chi connectivity index (χ0) is 38.2. The molecule has 1 aliphatic heterocycles. The molecule has 2 atom stereocenters. The Morgan fingerprint density at radius 3 is 2.15 bits per heavy atom. The van der Waals surface area contributed by atoms with Crippen LogP contribution in [-0.2, 0) is 43.6 Å². The summed E-state index contributed by atoms with van der Waals surface area (Å²) in [7, 11) is -4.19. The molecule has 1 aliphatic rings. The van der Waals surface area contributed by atoms with E-state index in [9.17, 15) is 21.2 Å². The Balaban J connectivity index is 1.49. The highest BCUT2D eigenvalue weighted by atomic mass is 32.2. The third-order valence-electron chi connectivity index (χ3n) is 8.13. The van der Waals surface area contributed by atoms with Crippen LogP contribution in [0.15, 0.2) is 70.1 Å². The molecule has 3 aromatic carbocycles. The fourth-order valence-electron chi connectivity index (χ4n) is 5.77. The van der Waals surface area contributed by atoms with Crippen LogP contribution in [0.5, 0.6) is 11.5 Å². The van der Waals surface area contributed by atoms with Crippen LogP contribution < -0.4 is 14.5 Å². The molecule has 5 rings (SSSR count). The number of aliphatic imine (C=N–C) groups is 1. The van der Waals surface area contributed by atoms with Crippen LogP contribution in [0.25, 0.3) is 22.3 Å². The van der Waals surface area contributed by atoms with Crippen LogP contribution in [0.3, 0.4) is 0 Å². The molecule has 1 N–H and O–H groups in total. The average molecular weight is 778 g/mol. The smallest absolute Gasteiger partial charge is 0.232 e. The Morgan fingerprint density at radius 2 is 1.55 bits per heavy atom. The van der Waals surface area contributed by atoms with Crippen molar-refractivity contribution in [2.45, 2.75) is 19.1 Å². The molecule has 2 heterocycles. The Hall–Kier alpha value is -4.10. The van der Waals surface area contributed by atoms with Gasteiger partial charge in [0.25, 0.3) is 0 Å². The fourth-order valence-corrected chi connectivity index (χ4v) is 7.58. The summed E-state index contributed by atoms with van der Waals surface area (Å²) in [5.74, 6) is 0.924. The van der Waals surface area contributed by atoms with Crippen molar-refractivity contribution in [2.24, 2.45) is 4.99 Å². The zero-order valence-corrected chi connectivity index (χ0v) is 31.8. The van der Waals surface area contributed by atoms with Gasteiger partial charge in [0.15, 0.2) is 5.84 Å². The number of halogens is 1. The number of nitrogens with zero attached hydrogens (tertiary/aromatic N) is 2. The first-order valence-corrected chi connectivity index (χ1v) is 20.6. The van der Waals surface area contributed by atoms with Crippen molar-refractivity contribution in [3.63, 3.8) is 0 Å². The van der Waals surface area contributed by atoms with E-state index in [4.69, 9.17) is 32.9 Å². The predicted molar refractivity (Wildman–Crippen MR) is 198 cm³/mol. The molecule has 1 aromatic heterocycles. The van der Waals surface area contributed by atoms with Gasteiger partial charge in [-0.1, -0.05) is 0 Å². The van der Waals surface area contributed by atoms with Gasteiger partial charge in [-0.3, -0.25) is 14.1 Å². The lowest BCUT2D eigenvalue weighted by Crippen LogP contribution is -2.39. The second kappa shape index (κ2) is 17.8. The van der Waals surface area contributed by atoms with E-state index in [0.29, 0.717) is 82.9 Å². The topological polar surface area (TPSA) is 164 Å². The van der Waals surface area contributed by atoms with Crippen LogP contribution in [0.2, 0.25) is 0 Å². The SMILES string of the molecule is CN=C(NOCCOCCOCCOC)c1c(-c2ccc(Oc3ccc(F)cc3)cc2)oc2cc3c(cc12)[C@H](C)O[C@H](CS(C)(=O)=O)CN3S(C)(=O)=O. The number of rotatable bonds is 17. The molecule has 0 fully saturated rings. The van der Waals surface area contributed by atoms with Crippen LogP contribution in [0.1, 0.15) is 24.2 Å². The van der Waals surface area contributed by atoms with E-state index in [0.717, 1.165) is 16.8 Å². The van der Waals surface area contributed by atoms with Crippen molar-refractivity contribution < 1.29 is 54.2 Å². The van der Waals surface area contributed by atoms with Gasteiger partial charge < -0.3 is 28.1 Å². The number of amidine groups is 1. The molecule has 17 heteroatoms. The van der Waals surface area contributed by atoms with Crippen LogP contribution in [-0.4, -0.2) is 107 Å². The summed E-state index contributed by atoms with van der Waals surface area (Å²) in [6, 6.07) is 16.1. The maximum atomic E-state index is 13.4. The molecule has 0 unspecified atom stereocenters. The van der Waals surface area contributed by atoms with Gasteiger partial charge in [0.05, 0.1) is 81.7 Å². The van der Waals surface area contributed by atoms with E-state index < -0.39 is 32.1 Å². The van der Waals surface area contributed by atoms with E-state index in [1.807, 2.05) is 0 Å². The summed E-state index contributed by atoms with van der Waals surface area (Å²) in [6.07, 6.45) is 0.535. The number of furan rings is 1. The molecular formula is C36H44FN3O11S2. The predicted octanol–water partition coefficient (Wildman–Crippen LogP) is 4.88. The lowest BCUT2D eigenvalue weighted by Gasteiger charge is -2.24. The van der Waals surface area contributed by atoms with Crippen molar-refractivity contribution in [3.8, 4) is 22.8 Å². The third-order valence-corrected chi connectivity index (χ3v) is 10.3. The van der Waals surface area contributed by atoms with E-state index in [-0.39, 0.29) is 31.3 Å². The Kier molecular flexibility index (Phi) is 13.5. The zero-order valence-electron chi connectivity index (χ0n) is 30.2. The van der Waals surface area contributed by atoms with Gasteiger partial charge in [-0.15, -0.1) is 0 Å². The number of hydrogen-bond donors (Lipinski definition) is 1. The molecular weight excluding hydrogens is 734 g/mol. The summed E-state index contributed by atoms with van der Waals surface area (Å²) in [6.45, 7) is 3.73. The van der Waals surface area contributed by atoms with Gasteiger partial charge in [-0.25, -0.2) is 26.7 Å². The number of ether oxygens (including phenoxy) is 5. The Labute approximate surface area is 308 Å². The minimum atomic E-state index is -3.88. The highest BCUT2D eigenvalue weighted by Gasteiger charge is 2.35. The quantitative estimate of drug-likeness (QED) is 0.0670. The maximum Gasteiger partial charge on any atom is 0.232 e. The molecule has 0 amide bonds. The largest absolute Gasteiger partial charge is 0.457 e. The number of sulfone groups is 1. The number of anilines is 1. The van der Waals surface area contributed by atoms with Crippen LogP contribution in [0, 0.1) is 5.82 Å². The van der Waals surface area contributed by atoms with Crippen molar-refractivity contribution in [2.75, 3.05) is 82.9 Å². The van der Waals surface area contributed by atoms with Crippen molar-refractivity contribution in [1.82, 2.24) is 5.48 Å². The standard InChI is InChI=1S/C36H44FN3O11S2/c1-24-30-20-31-33(21-32(30)40(53(5,43)44)22-29(49-24)23-52(4,41)42)51-35(25-6-10-27(11-7-25)50-28-12-8-26(37)9-13-28)34(31)36(38-2)39-48-19-18-47-17-16-46-15-14-45-3/h6-13,20-21,24,29H,14-19,22-23H2,1-5H3,(H,38,39)/t24-,29-/m0/s1. The summed E-state index contributed by atoms with van der Waals surface area (Å²) in [4.78, 5) is 10.2. The van der Waals surface area contributed by atoms with E-state index >= 15 is 0 Å². The Morgan fingerprint density at radius 1 is 0.925 bits per heavy atom. The van der Waals surface area contributed by atoms with Gasteiger partial charge in [-0.2, -0.15) is 0 Å². The first-order valence-electron chi connectivity index (χ1n) is 16.7. The first kappa shape index (κ1) is 40.1. The number of benzene rings is 3. The molecule has 4 aromatic rings. The lowest BCUT2D eigenvalue weighted by molar-refractivity contribution is -0.00754. The number of methoxy groups -OCH3 is 1. The molecule has 0 saturated carbocycles. The molecule has 0 aliphatic carbocycles. The van der Waals surface area contributed by atoms with Gasteiger partial charge in [-0.05, 0) is 61.5 Å². The van der Waals surface area contributed by atoms with Gasteiger partial charge in [0.1, 0.15) is 38.5 Å². The van der Waals surface area contributed by atoms with E-state index in [2.05, 4.69) is 10.5 Å². The average Bonchev–Trinajstić information content (AvgIpc) is 3.40. The molecule has 0 saturated heterocycles.